The predicted molar refractivity (Wildman–Crippen MR) is 114 cm³/mol. The standard InChI is InChI=1S/C24H24ClNO4/c1-14-7-10-18(25)12-19(14)26-20(27)13-30-24(29)22-17-9-8-16(11-17)21(22)23(28)15-5-3-2-4-6-15/h2-7,10,12,16-17,21-22H,8-9,11,13H2,1H3,(H,26,27)/t16-,17-,21-,22+/m0/s1. The summed E-state index contributed by atoms with van der Waals surface area (Å²) < 4.78 is 5.36. The highest BCUT2D eigenvalue weighted by molar-refractivity contribution is 6.31. The number of fused-ring (bicyclic) bond motifs is 2. The monoisotopic (exact) mass is 425 g/mol. The van der Waals surface area contributed by atoms with E-state index in [4.69, 9.17) is 16.3 Å². The molecule has 1 N–H and O–H groups in total. The zero-order chi connectivity index (χ0) is 21.3. The highest BCUT2D eigenvalue weighted by Crippen LogP contribution is 2.53. The number of carbonyl (C=O) groups is 3. The summed E-state index contributed by atoms with van der Waals surface area (Å²) in [7, 11) is 0. The zero-order valence-corrected chi connectivity index (χ0v) is 17.5. The van der Waals surface area contributed by atoms with Crippen LogP contribution in [0, 0.1) is 30.6 Å². The molecule has 156 valence electrons. The number of nitrogens with one attached hydrogen (secondary N) is 1. The van der Waals surface area contributed by atoms with Crippen molar-refractivity contribution in [3.05, 3.63) is 64.7 Å². The van der Waals surface area contributed by atoms with Crippen LogP contribution in [0.1, 0.15) is 35.2 Å². The van der Waals surface area contributed by atoms with Gasteiger partial charge in [-0.25, -0.2) is 0 Å². The first-order valence-corrected chi connectivity index (χ1v) is 10.6. The Labute approximate surface area is 180 Å². The molecule has 0 aromatic heterocycles. The molecule has 4 rings (SSSR count). The van der Waals surface area contributed by atoms with E-state index in [0.29, 0.717) is 16.3 Å². The van der Waals surface area contributed by atoms with Gasteiger partial charge in [-0.3, -0.25) is 14.4 Å². The number of halogens is 1. The third kappa shape index (κ3) is 4.12. The van der Waals surface area contributed by atoms with E-state index in [1.807, 2.05) is 25.1 Å². The summed E-state index contributed by atoms with van der Waals surface area (Å²) in [6, 6.07) is 14.3. The van der Waals surface area contributed by atoms with Crippen LogP contribution >= 0.6 is 11.6 Å². The van der Waals surface area contributed by atoms with E-state index >= 15 is 0 Å². The van der Waals surface area contributed by atoms with Crippen molar-refractivity contribution < 1.29 is 19.1 Å². The summed E-state index contributed by atoms with van der Waals surface area (Å²) >= 11 is 5.98. The molecule has 30 heavy (non-hydrogen) atoms. The lowest BCUT2D eigenvalue weighted by molar-refractivity contribution is -0.154. The molecule has 2 bridgehead atoms. The highest BCUT2D eigenvalue weighted by atomic mass is 35.5. The van der Waals surface area contributed by atoms with E-state index < -0.39 is 17.8 Å². The number of aryl methyl sites for hydroxylation is 1. The van der Waals surface area contributed by atoms with E-state index in [1.165, 1.54) is 0 Å². The lowest BCUT2D eigenvalue weighted by Gasteiger charge is -2.28. The van der Waals surface area contributed by atoms with Crippen LogP contribution in [0.25, 0.3) is 0 Å². The lowest BCUT2D eigenvalue weighted by atomic mass is 9.75. The SMILES string of the molecule is Cc1ccc(Cl)cc1NC(=O)COC(=O)[C@@H]1[C@H]2CC[C@@H](C2)[C@@H]1C(=O)c1ccccc1. The molecule has 0 radical (unpaired) electrons. The number of amides is 1. The van der Waals surface area contributed by atoms with Gasteiger partial charge < -0.3 is 10.1 Å². The molecule has 0 aliphatic heterocycles. The van der Waals surface area contributed by atoms with Crippen molar-refractivity contribution in [1.82, 2.24) is 0 Å². The van der Waals surface area contributed by atoms with Crippen molar-refractivity contribution in [2.45, 2.75) is 26.2 Å². The molecule has 2 aliphatic carbocycles. The molecule has 0 heterocycles. The van der Waals surface area contributed by atoms with Gasteiger partial charge >= 0.3 is 5.97 Å². The quantitative estimate of drug-likeness (QED) is 0.539. The first-order valence-electron chi connectivity index (χ1n) is 10.3. The van der Waals surface area contributed by atoms with E-state index in [0.717, 1.165) is 24.8 Å². The van der Waals surface area contributed by atoms with Crippen molar-refractivity contribution in [3.63, 3.8) is 0 Å². The van der Waals surface area contributed by atoms with Gasteiger partial charge in [0, 0.05) is 22.2 Å². The van der Waals surface area contributed by atoms with Crippen LogP contribution in [0.3, 0.4) is 0 Å². The third-order valence-electron chi connectivity index (χ3n) is 6.37. The van der Waals surface area contributed by atoms with Crippen molar-refractivity contribution in [2.75, 3.05) is 11.9 Å². The van der Waals surface area contributed by atoms with E-state index in [1.54, 1.807) is 30.3 Å². The Hall–Kier alpha value is -2.66. The molecule has 0 spiro atoms. The average molecular weight is 426 g/mol. The molecule has 0 saturated heterocycles. The second-order valence-corrected chi connectivity index (χ2v) is 8.67. The molecule has 2 aromatic rings. The number of hydrogen-bond acceptors (Lipinski definition) is 4. The molecule has 0 unspecified atom stereocenters. The first-order chi connectivity index (χ1) is 14.4. The van der Waals surface area contributed by atoms with Crippen LogP contribution in [-0.2, 0) is 14.3 Å². The fourth-order valence-electron chi connectivity index (χ4n) is 4.95. The van der Waals surface area contributed by atoms with Crippen molar-refractivity contribution in [3.8, 4) is 0 Å². The smallest absolute Gasteiger partial charge is 0.310 e. The average Bonchev–Trinajstić information content (AvgIpc) is 3.36. The van der Waals surface area contributed by atoms with Gasteiger partial charge in [0.25, 0.3) is 5.91 Å². The van der Waals surface area contributed by atoms with Crippen LogP contribution < -0.4 is 5.32 Å². The maximum Gasteiger partial charge on any atom is 0.310 e. The Morgan fingerprint density at radius 2 is 1.73 bits per heavy atom. The number of Topliss-reactive ketones (excluding diaryl/α,β-unsaturated/α-hetero) is 1. The fraction of sp³-hybridized carbons (Fsp3) is 0.375. The van der Waals surface area contributed by atoms with Gasteiger partial charge in [-0.2, -0.15) is 0 Å². The molecule has 2 aliphatic rings. The third-order valence-corrected chi connectivity index (χ3v) is 6.60. The predicted octanol–water partition coefficient (Wildman–Crippen LogP) is 4.68. The Kier molecular flexibility index (Phi) is 5.91. The number of rotatable bonds is 6. The molecule has 2 fully saturated rings. The van der Waals surface area contributed by atoms with Crippen LogP contribution in [0.5, 0.6) is 0 Å². The minimum atomic E-state index is -0.475. The summed E-state index contributed by atoms with van der Waals surface area (Å²) in [5.41, 5.74) is 2.07. The lowest BCUT2D eigenvalue weighted by Crippen LogP contribution is -2.37. The summed E-state index contributed by atoms with van der Waals surface area (Å²) in [6.07, 6.45) is 2.76. The molecule has 2 aromatic carbocycles. The fourth-order valence-corrected chi connectivity index (χ4v) is 5.12. The number of ketones is 1. The molecule has 4 atom stereocenters. The number of hydrogen-bond donors (Lipinski definition) is 1. The second-order valence-electron chi connectivity index (χ2n) is 8.23. The summed E-state index contributed by atoms with van der Waals surface area (Å²) in [4.78, 5) is 38.3. The first kappa shape index (κ1) is 20.6. The van der Waals surface area contributed by atoms with Crippen molar-refractivity contribution in [2.24, 2.45) is 23.7 Å². The van der Waals surface area contributed by atoms with Gasteiger partial charge in [-0.05, 0) is 55.7 Å². The minimum Gasteiger partial charge on any atom is -0.455 e. The summed E-state index contributed by atoms with van der Waals surface area (Å²) in [6.45, 7) is 1.47. The zero-order valence-electron chi connectivity index (χ0n) is 16.8. The van der Waals surface area contributed by atoms with Gasteiger partial charge in [0.05, 0.1) is 5.92 Å². The van der Waals surface area contributed by atoms with E-state index in [9.17, 15) is 14.4 Å². The number of esters is 1. The highest BCUT2D eigenvalue weighted by Gasteiger charge is 2.54. The summed E-state index contributed by atoms with van der Waals surface area (Å²) in [5, 5.41) is 3.23. The van der Waals surface area contributed by atoms with E-state index in [-0.39, 0.29) is 30.1 Å². The topological polar surface area (TPSA) is 72.5 Å². The van der Waals surface area contributed by atoms with Crippen LogP contribution in [0.4, 0.5) is 5.69 Å². The number of anilines is 1. The maximum absolute atomic E-state index is 13.1. The molecule has 5 nitrogen and oxygen atoms in total. The number of carbonyl (C=O) groups excluding carboxylic acids is 3. The normalized spacial score (nSPS) is 24.5. The Bertz CT molecular complexity index is 974. The van der Waals surface area contributed by atoms with Gasteiger partial charge in [0.15, 0.2) is 12.4 Å². The van der Waals surface area contributed by atoms with Gasteiger partial charge in [-0.1, -0.05) is 48.0 Å². The number of benzene rings is 2. The maximum atomic E-state index is 13.1. The van der Waals surface area contributed by atoms with Crippen LogP contribution in [-0.4, -0.2) is 24.3 Å². The van der Waals surface area contributed by atoms with Crippen LogP contribution in [0.15, 0.2) is 48.5 Å². The Morgan fingerprint density at radius 3 is 2.47 bits per heavy atom. The van der Waals surface area contributed by atoms with E-state index in [2.05, 4.69) is 5.32 Å². The number of ether oxygens (including phenoxy) is 1. The van der Waals surface area contributed by atoms with Crippen molar-refractivity contribution >= 4 is 34.9 Å². The van der Waals surface area contributed by atoms with Gasteiger partial charge in [-0.15, -0.1) is 0 Å². The minimum absolute atomic E-state index is 0.00348. The molecule has 6 heteroatoms. The molecular weight excluding hydrogens is 402 g/mol. The van der Waals surface area contributed by atoms with Gasteiger partial charge in [0.2, 0.25) is 0 Å². The Balaban J connectivity index is 1.41. The Morgan fingerprint density at radius 1 is 1.03 bits per heavy atom. The largest absolute Gasteiger partial charge is 0.455 e. The van der Waals surface area contributed by atoms with Gasteiger partial charge in [0.1, 0.15) is 0 Å². The molecule has 1 amide bonds. The molecular formula is C24H24ClNO4. The molecule has 2 saturated carbocycles. The van der Waals surface area contributed by atoms with Crippen LogP contribution in [0.2, 0.25) is 5.02 Å². The summed E-state index contributed by atoms with van der Waals surface area (Å²) in [5.74, 6) is -1.35. The van der Waals surface area contributed by atoms with Crippen molar-refractivity contribution in [1.29, 1.82) is 0 Å². The second kappa shape index (κ2) is 8.60.